The van der Waals surface area contributed by atoms with Crippen LogP contribution in [0.15, 0.2) is 12.1 Å². The van der Waals surface area contributed by atoms with Crippen molar-refractivity contribution in [1.29, 1.82) is 0 Å². The molecule has 1 aromatic rings. The summed E-state index contributed by atoms with van der Waals surface area (Å²) in [7, 11) is 0. The number of benzene rings is 1. The van der Waals surface area contributed by atoms with E-state index in [0.29, 0.717) is 18.0 Å². The maximum Gasteiger partial charge on any atom is 0.311 e. The van der Waals surface area contributed by atoms with Crippen LogP contribution in [0.1, 0.15) is 25.0 Å². The van der Waals surface area contributed by atoms with Gasteiger partial charge in [-0.3, -0.25) is 10.1 Å². The third-order valence-electron chi connectivity index (χ3n) is 2.95. The molecule has 21 heavy (non-hydrogen) atoms. The fourth-order valence-electron chi connectivity index (χ4n) is 2.03. The molecule has 1 rings (SSSR count). The first-order valence-corrected chi connectivity index (χ1v) is 7.08. The van der Waals surface area contributed by atoms with Gasteiger partial charge in [0.15, 0.2) is 5.75 Å². The van der Waals surface area contributed by atoms with Crippen molar-refractivity contribution >= 4 is 5.69 Å². The van der Waals surface area contributed by atoms with E-state index in [1.807, 2.05) is 6.07 Å². The van der Waals surface area contributed by atoms with Gasteiger partial charge in [-0.25, -0.2) is 0 Å². The molecule has 0 aliphatic heterocycles. The summed E-state index contributed by atoms with van der Waals surface area (Å²) < 4.78 is 5.47. The summed E-state index contributed by atoms with van der Waals surface area (Å²) in [5, 5.41) is 24.0. The Morgan fingerprint density at radius 1 is 1.33 bits per heavy atom. The molecule has 6 nitrogen and oxygen atoms in total. The van der Waals surface area contributed by atoms with Crippen LogP contribution in [0.2, 0.25) is 0 Å². The summed E-state index contributed by atoms with van der Waals surface area (Å²) in [6, 6.07) is 3.30. The number of nitro benzene ring substituents is 1. The Morgan fingerprint density at radius 2 is 2.00 bits per heavy atom. The fourth-order valence-corrected chi connectivity index (χ4v) is 2.03. The van der Waals surface area contributed by atoms with E-state index in [2.05, 4.69) is 19.2 Å². The van der Waals surface area contributed by atoms with Crippen LogP contribution in [0.5, 0.6) is 5.75 Å². The Labute approximate surface area is 125 Å². The second kappa shape index (κ2) is 7.95. The Morgan fingerprint density at radius 3 is 2.57 bits per heavy atom. The van der Waals surface area contributed by atoms with E-state index < -0.39 is 11.0 Å². The van der Waals surface area contributed by atoms with Gasteiger partial charge in [-0.2, -0.15) is 0 Å². The molecule has 2 N–H and O–H groups in total. The highest BCUT2D eigenvalue weighted by molar-refractivity contribution is 5.53. The third-order valence-corrected chi connectivity index (χ3v) is 2.95. The molecule has 6 heteroatoms. The van der Waals surface area contributed by atoms with Gasteiger partial charge in [-0.1, -0.05) is 19.9 Å². The number of aliphatic hydroxyl groups is 1. The SMILES string of the molecule is Cc1cc(C)c(OCC(O)CNCC(C)C)c([N+](=O)[O-])c1. The average Bonchev–Trinajstić information content (AvgIpc) is 2.36. The topological polar surface area (TPSA) is 84.6 Å². The minimum atomic E-state index is -0.705. The Hall–Kier alpha value is -1.66. The van der Waals surface area contributed by atoms with E-state index in [9.17, 15) is 15.2 Å². The monoisotopic (exact) mass is 296 g/mol. The standard InChI is InChI=1S/C15H24N2O4/c1-10(2)7-16-8-13(18)9-21-15-12(4)5-11(3)6-14(15)17(19)20/h5-6,10,13,16,18H,7-9H2,1-4H3. The van der Waals surface area contributed by atoms with Crippen LogP contribution < -0.4 is 10.1 Å². The van der Waals surface area contributed by atoms with E-state index >= 15 is 0 Å². The normalized spacial score (nSPS) is 12.5. The highest BCUT2D eigenvalue weighted by Gasteiger charge is 2.19. The molecule has 1 unspecified atom stereocenters. The lowest BCUT2D eigenvalue weighted by Crippen LogP contribution is -2.33. The fraction of sp³-hybridized carbons (Fsp3) is 0.600. The van der Waals surface area contributed by atoms with Crippen molar-refractivity contribution in [2.24, 2.45) is 5.92 Å². The summed E-state index contributed by atoms with van der Waals surface area (Å²) in [6.45, 7) is 8.95. The van der Waals surface area contributed by atoms with Gasteiger partial charge < -0.3 is 15.2 Å². The molecule has 0 spiro atoms. The van der Waals surface area contributed by atoms with Crippen LogP contribution in [0.25, 0.3) is 0 Å². The van der Waals surface area contributed by atoms with Gasteiger partial charge in [0.25, 0.3) is 0 Å². The Balaban J connectivity index is 2.64. The number of aliphatic hydroxyl groups excluding tert-OH is 1. The molecule has 0 aromatic heterocycles. The van der Waals surface area contributed by atoms with Crippen molar-refractivity contribution in [3.05, 3.63) is 33.4 Å². The summed E-state index contributed by atoms with van der Waals surface area (Å²) in [5.74, 6) is 0.729. The van der Waals surface area contributed by atoms with Crippen LogP contribution in [-0.2, 0) is 0 Å². The van der Waals surface area contributed by atoms with Crippen LogP contribution in [0.4, 0.5) is 5.69 Å². The minimum absolute atomic E-state index is 0.0236. The van der Waals surface area contributed by atoms with Crippen LogP contribution in [0.3, 0.4) is 0 Å². The predicted octanol–water partition coefficient (Wildman–Crippen LogP) is 2.20. The minimum Gasteiger partial charge on any atom is -0.484 e. The summed E-state index contributed by atoms with van der Waals surface area (Å²) in [6.07, 6.45) is -0.705. The molecule has 0 fully saturated rings. The summed E-state index contributed by atoms with van der Waals surface area (Å²) in [5.41, 5.74) is 1.45. The van der Waals surface area contributed by atoms with E-state index in [4.69, 9.17) is 4.74 Å². The first-order chi connectivity index (χ1) is 9.81. The Bertz CT molecular complexity index is 489. The maximum absolute atomic E-state index is 11.1. The van der Waals surface area contributed by atoms with E-state index in [-0.39, 0.29) is 18.0 Å². The second-order valence-electron chi connectivity index (χ2n) is 5.70. The molecule has 118 valence electrons. The van der Waals surface area contributed by atoms with Gasteiger partial charge in [-0.05, 0) is 37.4 Å². The quantitative estimate of drug-likeness (QED) is 0.567. The highest BCUT2D eigenvalue weighted by atomic mass is 16.6. The largest absolute Gasteiger partial charge is 0.484 e. The molecular formula is C15H24N2O4. The molecule has 0 aliphatic carbocycles. The molecule has 0 amide bonds. The number of hydrogen-bond donors (Lipinski definition) is 2. The Kier molecular flexibility index (Phi) is 6.58. The van der Waals surface area contributed by atoms with Crippen molar-refractivity contribution < 1.29 is 14.8 Å². The van der Waals surface area contributed by atoms with Crippen LogP contribution in [-0.4, -0.2) is 35.8 Å². The van der Waals surface area contributed by atoms with Crippen molar-refractivity contribution in [2.75, 3.05) is 19.7 Å². The lowest BCUT2D eigenvalue weighted by atomic mass is 10.1. The number of nitro groups is 1. The molecule has 1 atom stereocenters. The number of nitrogens with one attached hydrogen (secondary N) is 1. The van der Waals surface area contributed by atoms with E-state index in [1.54, 1.807) is 13.8 Å². The zero-order valence-corrected chi connectivity index (χ0v) is 13.0. The van der Waals surface area contributed by atoms with Crippen molar-refractivity contribution in [3.8, 4) is 5.75 Å². The first kappa shape index (κ1) is 17.4. The molecule has 0 saturated heterocycles. The summed E-state index contributed by atoms with van der Waals surface area (Å²) in [4.78, 5) is 10.6. The predicted molar refractivity (Wildman–Crippen MR) is 81.8 cm³/mol. The number of nitrogens with zero attached hydrogens (tertiary/aromatic N) is 1. The molecule has 0 radical (unpaired) electrons. The van der Waals surface area contributed by atoms with Crippen LogP contribution in [0, 0.1) is 29.9 Å². The van der Waals surface area contributed by atoms with E-state index in [0.717, 1.165) is 12.1 Å². The molecule has 0 aliphatic rings. The molecular weight excluding hydrogens is 272 g/mol. The van der Waals surface area contributed by atoms with Gasteiger partial charge >= 0.3 is 5.69 Å². The van der Waals surface area contributed by atoms with E-state index in [1.165, 1.54) is 6.07 Å². The van der Waals surface area contributed by atoms with Crippen molar-refractivity contribution in [3.63, 3.8) is 0 Å². The third kappa shape index (κ3) is 5.69. The van der Waals surface area contributed by atoms with Crippen LogP contribution >= 0.6 is 0 Å². The lowest BCUT2D eigenvalue weighted by molar-refractivity contribution is -0.386. The van der Waals surface area contributed by atoms with Gasteiger partial charge in [0.1, 0.15) is 12.7 Å². The summed E-state index contributed by atoms with van der Waals surface area (Å²) >= 11 is 0. The average molecular weight is 296 g/mol. The zero-order chi connectivity index (χ0) is 16.0. The van der Waals surface area contributed by atoms with Gasteiger partial charge in [-0.15, -0.1) is 0 Å². The first-order valence-electron chi connectivity index (χ1n) is 7.08. The highest BCUT2D eigenvalue weighted by Crippen LogP contribution is 2.32. The molecule has 0 saturated carbocycles. The smallest absolute Gasteiger partial charge is 0.311 e. The number of ether oxygens (including phenoxy) is 1. The van der Waals surface area contributed by atoms with Crippen molar-refractivity contribution in [2.45, 2.75) is 33.8 Å². The second-order valence-corrected chi connectivity index (χ2v) is 5.70. The van der Waals surface area contributed by atoms with Gasteiger partial charge in [0.2, 0.25) is 0 Å². The number of rotatable bonds is 8. The van der Waals surface area contributed by atoms with Gasteiger partial charge in [0.05, 0.1) is 4.92 Å². The zero-order valence-electron chi connectivity index (χ0n) is 13.0. The van der Waals surface area contributed by atoms with Gasteiger partial charge in [0, 0.05) is 12.6 Å². The molecule has 1 aromatic carbocycles. The number of hydrogen-bond acceptors (Lipinski definition) is 5. The number of aryl methyl sites for hydroxylation is 2. The maximum atomic E-state index is 11.1. The molecule has 0 heterocycles. The molecule has 0 bridgehead atoms. The lowest BCUT2D eigenvalue weighted by Gasteiger charge is -2.15. The van der Waals surface area contributed by atoms with Crippen molar-refractivity contribution in [1.82, 2.24) is 5.32 Å².